The third-order valence-electron chi connectivity index (χ3n) is 6.32. The number of alkyl carbamates (subject to hydrolysis) is 1. The van der Waals surface area contributed by atoms with Gasteiger partial charge in [-0.15, -0.1) is 0 Å². The first kappa shape index (κ1) is 22.8. The van der Waals surface area contributed by atoms with Crippen molar-refractivity contribution in [2.45, 2.75) is 31.2 Å². The molecule has 4 N–H and O–H groups in total. The topological polar surface area (TPSA) is 125 Å². The number of carbonyl (C=O) groups excluding carboxylic acids is 2. The van der Waals surface area contributed by atoms with Gasteiger partial charge in [0.2, 0.25) is 5.91 Å². The second-order valence-electron chi connectivity index (χ2n) is 8.66. The van der Waals surface area contributed by atoms with E-state index >= 15 is 0 Å². The highest BCUT2D eigenvalue weighted by Crippen LogP contribution is 2.44. The standard InChI is InChI=1S/C25H28N2O6/c28-13-22(24(30)31)27-23(29)16(11-15-9-10-15)12-26-25(32)33-14-21-19-7-3-1-5-17(19)18-6-2-4-8-20(18)21/h1-8,15-16,21-22,28H,9-14H2,(H,26,32)(H,27,29)(H,30,31)/t16?,22-/m1/s1. The average molecular weight is 453 g/mol. The number of ether oxygens (including phenoxy) is 1. The maximum atomic E-state index is 12.6. The number of carboxylic acid groups (broad SMARTS) is 1. The van der Waals surface area contributed by atoms with Crippen molar-refractivity contribution in [3.05, 3.63) is 59.7 Å². The van der Waals surface area contributed by atoms with Gasteiger partial charge in [-0.25, -0.2) is 9.59 Å². The Labute approximate surface area is 192 Å². The molecule has 2 aliphatic carbocycles. The maximum Gasteiger partial charge on any atom is 0.407 e. The summed E-state index contributed by atoms with van der Waals surface area (Å²) in [5.41, 5.74) is 4.50. The molecule has 0 heterocycles. The Hall–Kier alpha value is -3.39. The summed E-state index contributed by atoms with van der Waals surface area (Å²) < 4.78 is 5.52. The lowest BCUT2D eigenvalue weighted by Gasteiger charge is -2.20. The van der Waals surface area contributed by atoms with Crippen molar-refractivity contribution in [3.63, 3.8) is 0 Å². The van der Waals surface area contributed by atoms with E-state index in [1.165, 1.54) is 0 Å². The van der Waals surface area contributed by atoms with Crippen molar-refractivity contribution in [1.82, 2.24) is 10.6 Å². The number of aliphatic hydroxyl groups is 1. The maximum absolute atomic E-state index is 12.6. The van der Waals surface area contributed by atoms with Gasteiger partial charge in [0.05, 0.1) is 12.5 Å². The zero-order valence-electron chi connectivity index (χ0n) is 18.2. The molecule has 0 aromatic heterocycles. The monoisotopic (exact) mass is 452 g/mol. The number of fused-ring (bicyclic) bond motifs is 3. The minimum Gasteiger partial charge on any atom is -0.480 e. The Morgan fingerprint density at radius 2 is 1.61 bits per heavy atom. The number of amides is 2. The lowest BCUT2D eigenvalue weighted by molar-refractivity contribution is -0.143. The molecule has 4 rings (SSSR count). The molecule has 1 saturated carbocycles. The molecular weight excluding hydrogens is 424 g/mol. The van der Waals surface area contributed by atoms with Crippen LogP contribution < -0.4 is 10.6 Å². The predicted octanol–water partition coefficient (Wildman–Crippen LogP) is 2.50. The van der Waals surface area contributed by atoms with E-state index in [0.29, 0.717) is 12.3 Å². The van der Waals surface area contributed by atoms with Gasteiger partial charge in [-0.2, -0.15) is 0 Å². The predicted molar refractivity (Wildman–Crippen MR) is 121 cm³/mol. The molecule has 0 saturated heterocycles. The molecule has 8 heteroatoms. The van der Waals surface area contributed by atoms with Crippen molar-refractivity contribution < 1.29 is 29.3 Å². The van der Waals surface area contributed by atoms with Gasteiger partial charge in [0.25, 0.3) is 0 Å². The third-order valence-corrected chi connectivity index (χ3v) is 6.32. The van der Waals surface area contributed by atoms with E-state index in [9.17, 15) is 14.4 Å². The van der Waals surface area contributed by atoms with Crippen molar-refractivity contribution in [3.8, 4) is 11.1 Å². The van der Waals surface area contributed by atoms with Crippen LogP contribution in [0, 0.1) is 11.8 Å². The number of aliphatic carboxylic acids is 1. The van der Waals surface area contributed by atoms with Crippen LogP contribution in [-0.4, -0.2) is 54.0 Å². The van der Waals surface area contributed by atoms with Gasteiger partial charge >= 0.3 is 12.1 Å². The van der Waals surface area contributed by atoms with Crippen LogP contribution in [0.15, 0.2) is 48.5 Å². The van der Waals surface area contributed by atoms with Crippen molar-refractivity contribution in [2.24, 2.45) is 11.8 Å². The number of rotatable bonds is 10. The number of aliphatic hydroxyl groups excluding tert-OH is 1. The number of benzene rings is 2. The van der Waals surface area contributed by atoms with Crippen LogP contribution in [-0.2, 0) is 14.3 Å². The number of hydrogen-bond donors (Lipinski definition) is 4. The Bertz CT molecular complexity index is 990. The fourth-order valence-electron chi connectivity index (χ4n) is 4.37. The van der Waals surface area contributed by atoms with Crippen LogP contribution in [0.2, 0.25) is 0 Å². The van der Waals surface area contributed by atoms with Crippen LogP contribution in [0.5, 0.6) is 0 Å². The molecule has 1 fully saturated rings. The van der Waals surface area contributed by atoms with Crippen LogP contribution in [0.25, 0.3) is 11.1 Å². The lowest BCUT2D eigenvalue weighted by Crippen LogP contribution is -2.48. The number of carbonyl (C=O) groups is 3. The molecule has 33 heavy (non-hydrogen) atoms. The third kappa shape index (κ3) is 5.34. The molecule has 2 aromatic rings. The van der Waals surface area contributed by atoms with E-state index in [1.807, 2.05) is 36.4 Å². The molecule has 0 spiro atoms. The van der Waals surface area contributed by atoms with E-state index < -0.39 is 36.5 Å². The molecule has 2 atom stereocenters. The summed E-state index contributed by atoms with van der Waals surface area (Å²) in [5.74, 6) is -2.06. The van der Waals surface area contributed by atoms with Gasteiger partial charge in [0.1, 0.15) is 12.6 Å². The fourth-order valence-corrected chi connectivity index (χ4v) is 4.37. The Morgan fingerprint density at radius 1 is 1.00 bits per heavy atom. The summed E-state index contributed by atoms with van der Waals surface area (Å²) in [6.07, 6.45) is 1.95. The summed E-state index contributed by atoms with van der Waals surface area (Å²) in [6, 6.07) is 14.7. The van der Waals surface area contributed by atoms with E-state index in [2.05, 4.69) is 22.8 Å². The minimum absolute atomic E-state index is 0.0385. The van der Waals surface area contributed by atoms with Crippen LogP contribution in [0.3, 0.4) is 0 Å². The molecule has 0 bridgehead atoms. The molecule has 8 nitrogen and oxygen atoms in total. The first-order chi connectivity index (χ1) is 16.0. The summed E-state index contributed by atoms with van der Waals surface area (Å²) in [6.45, 7) is -0.487. The molecule has 2 aliphatic rings. The Morgan fingerprint density at radius 3 is 2.15 bits per heavy atom. The zero-order valence-corrected chi connectivity index (χ0v) is 18.2. The molecule has 174 valence electrons. The first-order valence-corrected chi connectivity index (χ1v) is 11.2. The summed E-state index contributed by atoms with van der Waals surface area (Å²) >= 11 is 0. The van der Waals surface area contributed by atoms with E-state index in [1.54, 1.807) is 0 Å². The van der Waals surface area contributed by atoms with E-state index in [-0.39, 0.29) is 19.1 Å². The summed E-state index contributed by atoms with van der Waals surface area (Å²) in [7, 11) is 0. The van der Waals surface area contributed by atoms with Gasteiger partial charge in [0.15, 0.2) is 0 Å². The molecular formula is C25H28N2O6. The largest absolute Gasteiger partial charge is 0.480 e. The van der Waals surface area contributed by atoms with Gasteiger partial charge in [-0.05, 0) is 34.6 Å². The van der Waals surface area contributed by atoms with Gasteiger partial charge in [-0.3, -0.25) is 4.79 Å². The van der Waals surface area contributed by atoms with Crippen LogP contribution in [0.1, 0.15) is 36.3 Å². The molecule has 2 aromatic carbocycles. The first-order valence-electron chi connectivity index (χ1n) is 11.2. The minimum atomic E-state index is -1.37. The lowest BCUT2D eigenvalue weighted by atomic mass is 9.98. The molecule has 1 unspecified atom stereocenters. The average Bonchev–Trinajstić information content (AvgIpc) is 3.59. The van der Waals surface area contributed by atoms with E-state index in [4.69, 9.17) is 14.9 Å². The molecule has 0 radical (unpaired) electrons. The van der Waals surface area contributed by atoms with Gasteiger partial charge in [0, 0.05) is 12.5 Å². The summed E-state index contributed by atoms with van der Waals surface area (Å²) in [4.78, 5) is 36.1. The van der Waals surface area contributed by atoms with E-state index in [0.717, 1.165) is 35.1 Å². The van der Waals surface area contributed by atoms with Crippen molar-refractivity contribution in [2.75, 3.05) is 19.8 Å². The highest BCUT2D eigenvalue weighted by atomic mass is 16.5. The van der Waals surface area contributed by atoms with Crippen LogP contribution >= 0.6 is 0 Å². The Kier molecular flexibility index (Phi) is 6.93. The normalized spacial score (nSPS) is 16.3. The van der Waals surface area contributed by atoms with Gasteiger partial charge in [-0.1, -0.05) is 61.4 Å². The van der Waals surface area contributed by atoms with Crippen molar-refractivity contribution >= 4 is 18.0 Å². The van der Waals surface area contributed by atoms with Gasteiger partial charge < -0.3 is 25.6 Å². The van der Waals surface area contributed by atoms with Crippen LogP contribution in [0.4, 0.5) is 4.79 Å². The summed E-state index contributed by atoms with van der Waals surface area (Å²) in [5, 5.41) is 23.2. The zero-order chi connectivity index (χ0) is 23.4. The highest BCUT2D eigenvalue weighted by molar-refractivity contribution is 5.85. The van der Waals surface area contributed by atoms with Crippen molar-refractivity contribution in [1.29, 1.82) is 0 Å². The quantitative estimate of drug-likeness (QED) is 0.439. The Balaban J connectivity index is 1.34. The fraction of sp³-hybridized carbons (Fsp3) is 0.400. The number of hydrogen-bond acceptors (Lipinski definition) is 5. The highest BCUT2D eigenvalue weighted by Gasteiger charge is 2.32. The SMILES string of the molecule is O=C(NCC(CC1CC1)C(=O)N[C@H](CO)C(=O)O)OCC1c2ccccc2-c2ccccc21. The number of nitrogens with one attached hydrogen (secondary N) is 2. The number of carboxylic acids is 1. The second kappa shape index (κ2) is 10.0. The molecule has 0 aliphatic heterocycles. The smallest absolute Gasteiger partial charge is 0.407 e. The second-order valence-corrected chi connectivity index (χ2v) is 8.66. The molecule has 2 amide bonds.